The summed E-state index contributed by atoms with van der Waals surface area (Å²) in [7, 11) is 0. The zero-order chi connectivity index (χ0) is 16.1. The van der Waals surface area contributed by atoms with Crippen LogP contribution in [0.15, 0.2) is 60.1 Å². The van der Waals surface area contributed by atoms with E-state index in [0.717, 1.165) is 21.7 Å². The summed E-state index contributed by atoms with van der Waals surface area (Å²) in [6.07, 6.45) is 2.14. The van der Waals surface area contributed by atoms with Crippen LogP contribution in [0.2, 0.25) is 0 Å². The quantitative estimate of drug-likeness (QED) is 0.708. The molecule has 0 saturated heterocycles. The number of nitrogen functional groups attached to an aromatic ring is 1. The molecule has 3 N–H and O–H groups in total. The van der Waals surface area contributed by atoms with Crippen LogP contribution in [0.25, 0.3) is 10.6 Å². The number of hydrogen-bond donors (Lipinski definition) is 2. The molecule has 0 unspecified atom stereocenters. The Hall–Kier alpha value is -2.66. The normalized spacial score (nSPS) is 10.4. The van der Waals surface area contributed by atoms with E-state index in [1.54, 1.807) is 29.7 Å². The minimum Gasteiger partial charge on any atom is -0.399 e. The highest BCUT2D eigenvalue weighted by molar-refractivity contribution is 7.13. The molecule has 1 heterocycles. The number of hydrogen-bond acceptors (Lipinski definition) is 4. The van der Waals surface area contributed by atoms with Gasteiger partial charge >= 0.3 is 0 Å². The fraction of sp³-hybridized carbons (Fsp3) is 0.111. The van der Waals surface area contributed by atoms with Gasteiger partial charge in [0.25, 0.3) is 0 Å². The first kappa shape index (κ1) is 15.2. The molecule has 0 radical (unpaired) electrons. The van der Waals surface area contributed by atoms with Crippen LogP contribution in [0.4, 0.5) is 5.69 Å². The molecule has 0 aliphatic carbocycles. The number of anilines is 1. The van der Waals surface area contributed by atoms with Gasteiger partial charge in [-0.15, -0.1) is 11.3 Å². The summed E-state index contributed by atoms with van der Waals surface area (Å²) < 4.78 is 0. The van der Waals surface area contributed by atoms with Crippen molar-refractivity contribution in [3.8, 4) is 10.6 Å². The molecule has 0 saturated carbocycles. The van der Waals surface area contributed by atoms with Crippen molar-refractivity contribution in [1.29, 1.82) is 0 Å². The van der Waals surface area contributed by atoms with E-state index >= 15 is 0 Å². The minimum absolute atomic E-state index is 0.0105. The van der Waals surface area contributed by atoms with Gasteiger partial charge < -0.3 is 11.1 Å². The molecule has 1 amide bonds. The average Bonchev–Trinajstić information content (AvgIpc) is 3.10. The number of carbonyl (C=O) groups is 1. The van der Waals surface area contributed by atoms with Gasteiger partial charge in [-0.25, -0.2) is 4.98 Å². The number of amides is 1. The molecule has 4 nitrogen and oxygen atoms in total. The molecule has 0 bridgehead atoms. The second-order valence-electron chi connectivity index (χ2n) is 5.19. The molecule has 0 aliphatic heterocycles. The molecule has 0 atom stereocenters. The SMILES string of the molecule is Nc1ccc(CC(=O)NCc2ccccc2-c2nccs2)cc1. The van der Waals surface area contributed by atoms with Crippen LogP contribution in [-0.2, 0) is 17.8 Å². The first-order valence-electron chi connectivity index (χ1n) is 7.31. The third-order valence-corrected chi connectivity index (χ3v) is 4.31. The number of benzene rings is 2. The molecule has 3 rings (SSSR count). The van der Waals surface area contributed by atoms with Crippen molar-refractivity contribution < 1.29 is 4.79 Å². The van der Waals surface area contributed by atoms with Gasteiger partial charge in [-0.1, -0.05) is 36.4 Å². The second kappa shape index (κ2) is 7.07. The maximum Gasteiger partial charge on any atom is 0.224 e. The molecule has 0 fully saturated rings. The average molecular weight is 323 g/mol. The number of thiazole rings is 1. The van der Waals surface area contributed by atoms with Crippen LogP contribution in [0, 0.1) is 0 Å². The van der Waals surface area contributed by atoms with Crippen molar-refractivity contribution in [2.75, 3.05) is 5.73 Å². The van der Waals surface area contributed by atoms with Crippen LogP contribution < -0.4 is 11.1 Å². The molecule has 0 spiro atoms. The fourth-order valence-electron chi connectivity index (χ4n) is 2.32. The third kappa shape index (κ3) is 3.96. The Bertz CT molecular complexity index is 782. The molecule has 3 aromatic rings. The summed E-state index contributed by atoms with van der Waals surface area (Å²) in [4.78, 5) is 16.5. The van der Waals surface area contributed by atoms with E-state index in [9.17, 15) is 4.79 Å². The van der Waals surface area contributed by atoms with E-state index in [0.29, 0.717) is 18.7 Å². The van der Waals surface area contributed by atoms with Gasteiger partial charge in [0.2, 0.25) is 5.91 Å². The minimum atomic E-state index is -0.0105. The van der Waals surface area contributed by atoms with E-state index in [1.165, 1.54) is 0 Å². The number of nitrogens with two attached hydrogens (primary N) is 1. The molecule has 1 aromatic heterocycles. The molecule has 2 aromatic carbocycles. The van der Waals surface area contributed by atoms with Crippen LogP contribution >= 0.6 is 11.3 Å². The van der Waals surface area contributed by atoms with E-state index in [2.05, 4.69) is 10.3 Å². The van der Waals surface area contributed by atoms with E-state index in [4.69, 9.17) is 5.73 Å². The van der Waals surface area contributed by atoms with Gasteiger partial charge in [-0.3, -0.25) is 4.79 Å². The largest absolute Gasteiger partial charge is 0.399 e. The summed E-state index contributed by atoms with van der Waals surface area (Å²) in [5.74, 6) is -0.0105. The standard InChI is InChI=1S/C18H17N3OS/c19-15-7-5-13(6-8-15)11-17(22)21-12-14-3-1-2-4-16(14)18-20-9-10-23-18/h1-10H,11-12,19H2,(H,21,22). The van der Waals surface area contributed by atoms with E-state index < -0.39 is 0 Å². The summed E-state index contributed by atoms with van der Waals surface area (Å²) >= 11 is 1.59. The van der Waals surface area contributed by atoms with Crippen molar-refractivity contribution in [2.45, 2.75) is 13.0 Å². The van der Waals surface area contributed by atoms with E-state index in [-0.39, 0.29) is 5.91 Å². The number of rotatable bonds is 5. The lowest BCUT2D eigenvalue weighted by Gasteiger charge is -2.09. The van der Waals surface area contributed by atoms with Gasteiger partial charge in [-0.2, -0.15) is 0 Å². The number of nitrogens with zero attached hydrogens (tertiary/aromatic N) is 1. The predicted octanol–water partition coefficient (Wildman–Crippen LogP) is 3.25. The fourth-order valence-corrected chi connectivity index (χ4v) is 3.02. The Balaban J connectivity index is 1.64. The Morgan fingerprint density at radius 2 is 1.91 bits per heavy atom. The lowest BCUT2D eigenvalue weighted by Crippen LogP contribution is -2.24. The monoisotopic (exact) mass is 323 g/mol. The smallest absolute Gasteiger partial charge is 0.224 e. The second-order valence-corrected chi connectivity index (χ2v) is 6.08. The highest BCUT2D eigenvalue weighted by atomic mass is 32.1. The lowest BCUT2D eigenvalue weighted by atomic mass is 10.1. The van der Waals surface area contributed by atoms with Gasteiger partial charge in [0.05, 0.1) is 6.42 Å². The van der Waals surface area contributed by atoms with E-state index in [1.807, 2.05) is 41.8 Å². The molecule has 23 heavy (non-hydrogen) atoms. The maximum atomic E-state index is 12.1. The summed E-state index contributed by atoms with van der Waals surface area (Å²) in [5.41, 5.74) is 9.43. The predicted molar refractivity (Wildman–Crippen MR) is 94.0 cm³/mol. The Kier molecular flexibility index (Phi) is 4.68. The Morgan fingerprint density at radius 1 is 1.13 bits per heavy atom. The first-order chi connectivity index (χ1) is 11.2. The summed E-state index contributed by atoms with van der Waals surface area (Å²) in [6.45, 7) is 0.490. The summed E-state index contributed by atoms with van der Waals surface area (Å²) in [6, 6.07) is 15.4. The van der Waals surface area contributed by atoms with Gasteiger partial charge in [-0.05, 0) is 23.3 Å². The molecule has 116 valence electrons. The zero-order valence-electron chi connectivity index (χ0n) is 12.5. The highest BCUT2D eigenvalue weighted by Crippen LogP contribution is 2.25. The first-order valence-corrected chi connectivity index (χ1v) is 8.19. The van der Waals surface area contributed by atoms with Crippen molar-refractivity contribution >= 4 is 22.9 Å². The number of aromatic nitrogens is 1. The van der Waals surface area contributed by atoms with Crippen molar-refractivity contribution in [1.82, 2.24) is 10.3 Å². The Morgan fingerprint density at radius 3 is 2.65 bits per heavy atom. The van der Waals surface area contributed by atoms with Crippen molar-refractivity contribution in [2.24, 2.45) is 0 Å². The summed E-state index contributed by atoms with van der Waals surface area (Å²) in [5, 5.41) is 5.89. The molecule has 5 heteroatoms. The van der Waals surface area contributed by atoms with Gasteiger partial charge in [0.15, 0.2) is 0 Å². The van der Waals surface area contributed by atoms with Crippen LogP contribution in [0.5, 0.6) is 0 Å². The van der Waals surface area contributed by atoms with Crippen molar-refractivity contribution in [3.63, 3.8) is 0 Å². The third-order valence-electron chi connectivity index (χ3n) is 3.50. The molecule has 0 aliphatic rings. The topological polar surface area (TPSA) is 68.0 Å². The Labute approximate surface area is 139 Å². The van der Waals surface area contributed by atoms with Crippen LogP contribution in [-0.4, -0.2) is 10.9 Å². The van der Waals surface area contributed by atoms with Gasteiger partial charge in [0.1, 0.15) is 5.01 Å². The lowest BCUT2D eigenvalue weighted by molar-refractivity contribution is -0.120. The van der Waals surface area contributed by atoms with Gasteiger partial charge in [0, 0.05) is 29.4 Å². The maximum absolute atomic E-state index is 12.1. The zero-order valence-corrected chi connectivity index (χ0v) is 13.3. The molecular weight excluding hydrogens is 306 g/mol. The molecular formula is C18H17N3OS. The highest BCUT2D eigenvalue weighted by Gasteiger charge is 2.08. The van der Waals surface area contributed by atoms with Crippen molar-refractivity contribution in [3.05, 3.63) is 71.2 Å². The number of carbonyl (C=O) groups excluding carboxylic acids is 1. The van der Waals surface area contributed by atoms with Crippen LogP contribution in [0.1, 0.15) is 11.1 Å². The van der Waals surface area contributed by atoms with Crippen LogP contribution in [0.3, 0.4) is 0 Å². The number of nitrogens with one attached hydrogen (secondary N) is 1.